The fourth-order valence-corrected chi connectivity index (χ4v) is 2.47. The predicted molar refractivity (Wildman–Crippen MR) is 93.1 cm³/mol. The second-order valence-electron chi connectivity index (χ2n) is 6.06. The van der Waals surface area contributed by atoms with Crippen molar-refractivity contribution in [2.45, 2.75) is 26.8 Å². The third-order valence-electron chi connectivity index (χ3n) is 4.20. The lowest BCUT2D eigenvalue weighted by molar-refractivity contribution is 0.0934. The zero-order valence-corrected chi connectivity index (χ0v) is 14.3. The van der Waals surface area contributed by atoms with Crippen LogP contribution in [0.15, 0.2) is 48.7 Å². The highest BCUT2D eigenvalue weighted by Crippen LogP contribution is 2.15. The number of amides is 1. The van der Waals surface area contributed by atoms with Gasteiger partial charge in [-0.3, -0.25) is 4.79 Å². The lowest BCUT2D eigenvalue weighted by atomic mass is 10.1. The summed E-state index contributed by atoms with van der Waals surface area (Å²) < 4.78 is 14.6. The van der Waals surface area contributed by atoms with E-state index in [4.69, 9.17) is 0 Å². The minimum atomic E-state index is -0.327. The minimum Gasteiger partial charge on any atom is -0.344 e. The van der Waals surface area contributed by atoms with Crippen LogP contribution >= 0.6 is 0 Å². The van der Waals surface area contributed by atoms with Gasteiger partial charge >= 0.3 is 0 Å². The molecule has 0 bridgehead atoms. The topological polar surface area (TPSA) is 59.8 Å². The number of carbonyl (C=O) groups is 1. The number of halogens is 1. The highest BCUT2D eigenvalue weighted by molar-refractivity contribution is 5.92. The van der Waals surface area contributed by atoms with E-state index in [-0.39, 0.29) is 23.5 Å². The normalized spacial score (nSPS) is 12.0. The Labute approximate surface area is 145 Å². The highest BCUT2D eigenvalue weighted by Gasteiger charge is 2.15. The lowest BCUT2D eigenvalue weighted by Gasteiger charge is -2.13. The Morgan fingerprint density at radius 3 is 2.52 bits per heavy atom. The van der Waals surface area contributed by atoms with Crippen molar-refractivity contribution in [3.8, 4) is 5.69 Å². The Balaban J connectivity index is 1.74. The first-order valence-electron chi connectivity index (χ1n) is 8.00. The number of hydrogen-bond donors (Lipinski definition) is 1. The van der Waals surface area contributed by atoms with Gasteiger partial charge in [0.05, 0.1) is 17.9 Å². The van der Waals surface area contributed by atoms with Crippen LogP contribution in [0.5, 0.6) is 0 Å². The molecular formula is C19H19FN4O. The number of nitrogens with zero attached hydrogens (tertiary/aromatic N) is 3. The number of hydrogen-bond acceptors (Lipinski definition) is 3. The highest BCUT2D eigenvalue weighted by atomic mass is 19.1. The molecule has 6 heteroatoms. The summed E-state index contributed by atoms with van der Waals surface area (Å²) in [6.45, 7) is 5.89. The van der Waals surface area contributed by atoms with Crippen LogP contribution in [-0.4, -0.2) is 20.9 Å². The van der Waals surface area contributed by atoms with Crippen LogP contribution in [0.2, 0.25) is 0 Å². The monoisotopic (exact) mass is 338 g/mol. The van der Waals surface area contributed by atoms with Crippen molar-refractivity contribution in [1.82, 2.24) is 20.3 Å². The van der Waals surface area contributed by atoms with E-state index in [1.165, 1.54) is 17.7 Å². The van der Waals surface area contributed by atoms with Crippen molar-refractivity contribution in [2.75, 3.05) is 0 Å². The average molecular weight is 338 g/mol. The standard InChI is InChI=1S/C19H19FN4O/c1-12-4-9-17(10-13(12)2)24-11-18(22-23-24)19(25)21-14(3)15-5-7-16(20)8-6-15/h4-11,14H,1-3H3,(H,21,25)/t14-/m0/s1. The number of carbonyl (C=O) groups excluding carboxylic acids is 1. The van der Waals surface area contributed by atoms with Crippen LogP contribution in [0.3, 0.4) is 0 Å². The van der Waals surface area contributed by atoms with E-state index in [9.17, 15) is 9.18 Å². The van der Waals surface area contributed by atoms with Gasteiger partial charge in [-0.15, -0.1) is 5.10 Å². The Morgan fingerprint density at radius 2 is 1.84 bits per heavy atom. The van der Waals surface area contributed by atoms with Gasteiger partial charge in [0, 0.05) is 0 Å². The first-order valence-corrected chi connectivity index (χ1v) is 8.00. The number of nitrogens with one attached hydrogen (secondary N) is 1. The van der Waals surface area contributed by atoms with Gasteiger partial charge in [-0.2, -0.15) is 0 Å². The van der Waals surface area contributed by atoms with Crippen molar-refractivity contribution in [3.63, 3.8) is 0 Å². The Bertz CT molecular complexity index is 902. The maximum Gasteiger partial charge on any atom is 0.273 e. The fourth-order valence-electron chi connectivity index (χ4n) is 2.47. The van der Waals surface area contributed by atoms with Crippen molar-refractivity contribution in [1.29, 1.82) is 0 Å². The predicted octanol–water partition coefficient (Wildman–Crippen LogP) is 3.51. The summed E-state index contributed by atoms with van der Waals surface area (Å²) in [5, 5.41) is 10.8. The summed E-state index contributed by atoms with van der Waals surface area (Å²) in [6.07, 6.45) is 1.59. The minimum absolute atomic E-state index is 0.229. The fraction of sp³-hybridized carbons (Fsp3) is 0.211. The van der Waals surface area contributed by atoms with Crippen molar-refractivity contribution in [3.05, 3.63) is 76.9 Å². The largest absolute Gasteiger partial charge is 0.344 e. The molecule has 1 aromatic heterocycles. The maximum atomic E-state index is 13.0. The van der Waals surface area contributed by atoms with Crippen molar-refractivity contribution in [2.24, 2.45) is 0 Å². The molecule has 0 aliphatic rings. The summed E-state index contributed by atoms with van der Waals surface area (Å²) in [6, 6.07) is 11.7. The van der Waals surface area contributed by atoms with E-state index in [0.29, 0.717) is 0 Å². The molecule has 1 amide bonds. The zero-order valence-electron chi connectivity index (χ0n) is 14.3. The Hall–Kier alpha value is -3.02. The third-order valence-corrected chi connectivity index (χ3v) is 4.20. The van der Waals surface area contributed by atoms with Gasteiger partial charge in [-0.1, -0.05) is 23.4 Å². The van der Waals surface area contributed by atoms with Gasteiger partial charge in [-0.25, -0.2) is 9.07 Å². The van der Waals surface area contributed by atoms with Crippen molar-refractivity contribution < 1.29 is 9.18 Å². The Kier molecular flexibility index (Phi) is 4.61. The average Bonchev–Trinajstić information content (AvgIpc) is 3.08. The van der Waals surface area contributed by atoms with E-state index in [1.807, 2.05) is 39.0 Å². The SMILES string of the molecule is Cc1ccc(-n2cc(C(=O)N[C@@H](C)c3ccc(F)cc3)nn2)cc1C. The first-order chi connectivity index (χ1) is 11.9. The molecule has 0 spiro atoms. The van der Waals surface area contributed by atoms with Gasteiger partial charge in [0.25, 0.3) is 5.91 Å². The summed E-state index contributed by atoms with van der Waals surface area (Å²) in [4.78, 5) is 12.4. The molecule has 128 valence electrons. The number of aryl methyl sites for hydroxylation is 2. The molecule has 0 saturated carbocycles. The molecule has 1 heterocycles. The molecule has 3 aromatic rings. The summed E-state index contributed by atoms with van der Waals surface area (Å²) in [5.41, 5.74) is 4.23. The summed E-state index contributed by atoms with van der Waals surface area (Å²) in [7, 11) is 0. The van der Waals surface area contributed by atoms with Gasteiger partial charge < -0.3 is 5.32 Å². The molecule has 1 atom stereocenters. The van der Waals surface area contributed by atoms with Crippen LogP contribution < -0.4 is 5.32 Å². The molecular weight excluding hydrogens is 319 g/mol. The smallest absolute Gasteiger partial charge is 0.273 e. The number of rotatable bonds is 4. The molecule has 0 aliphatic carbocycles. The molecule has 1 N–H and O–H groups in total. The van der Waals surface area contributed by atoms with Crippen LogP contribution in [-0.2, 0) is 0 Å². The van der Waals surface area contributed by atoms with Crippen molar-refractivity contribution >= 4 is 5.91 Å². The number of aromatic nitrogens is 3. The second kappa shape index (κ2) is 6.84. The number of benzene rings is 2. The molecule has 2 aromatic carbocycles. The second-order valence-corrected chi connectivity index (χ2v) is 6.06. The van der Waals surface area contributed by atoms with Crippen LogP contribution in [0, 0.1) is 19.7 Å². The Morgan fingerprint density at radius 1 is 1.12 bits per heavy atom. The van der Waals surface area contributed by atoms with Gasteiger partial charge in [0.2, 0.25) is 0 Å². The summed E-state index contributed by atoms with van der Waals surface area (Å²) >= 11 is 0. The molecule has 5 nitrogen and oxygen atoms in total. The van der Waals surface area contributed by atoms with E-state index >= 15 is 0 Å². The van der Waals surface area contributed by atoms with Crippen LogP contribution in [0.25, 0.3) is 5.69 Å². The molecule has 0 saturated heterocycles. The molecule has 0 unspecified atom stereocenters. The third kappa shape index (κ3) is 3.74. The molecule has 0 fully saturated rings. The quantitative estimate of drug-likeness (QED) is 0.792. The molecule has 0 radical (unpaired) electrons. The zero-order chi connectivity index (χ0) is 18.0. The lowest BCUT2D eigenvalue weighted by Crippen LogP contribution is -2.27. The molecule has 25 heavy (non-hydrogen) atoms. The summed E-state index contributed by atoms with van der Waals surface area (Å²) in [5.74, 6) is -0.634. The van der Waals surface area contributed by atoms with Crippen LogP contribution in [0.4, 0.5) is 4.39 Å². The van der Waals surface area contributed by atoms with Crippen LogP contribution in [0.1, 0.15) is 40.1 Å². The van der Waals surface area contributed by atoms with E-state index < -0.39 is 0 Å². The first kappa shape index (κ1) is 16.8. The maximum absolute atomic E-state index is 13.0. The van der Waals surface area contributed by atoms with Gasteiger partial charge in [0.1, 0.15) is 5.82 Å². The van der Waals surface area contributed by atoms with Gasteiger partial charge in [-0.05, 0) is 61.7 Å². The molecule has 0 aliphatic heterocycles. The van der Waals surface area contributed by atoms with E-state index in [0.717, 1.165) is 16.8 Å². The van der Waals surface area contributed by atoms with Gasteiger partial charge in [0.15, 0.2) is 5.69 Å². The molecule has 3 rings (SSSR count). The van der Waals surface area contributed by atoms with E-state index in [1.54, 1.807) is 23.0 Å². The van der Waals surface area contributed by atoms with E-state index in [2.05, 4.69) is 15.6 Å².